The number of rotatable bonds is 5. The molecule has 2 aromatic rings. The van der Waals surface area contributed by atoms with Crippen LogP contribution in [0.1, 0.15) is 36.9 Å². The van der Waals surface area contributed by atoms with E-state index in [0.717, 1.165) is 11.4 Å². The number of hydrogen-bond donors (Lipinski definition) is 3. The van der Waals surface area contributed by atoms with Crippen LogP contribution in [0.4, 0.5) is 5.13 Å². The van der Waals surface area contributed by atoms with Crippen molar-refractivity contribution >= 4 is 22.4 Å². The molecule has 1 aliphatic rings. The fourth-order valence-electron chi connectivity index (χ4n) is 2.56. The summed E-state index contributed by atoms with van der Waals surface area (Å²) < 4.78 is 0. The Balaban J connectivity index is 1.56. The van der Waals surface area contributed by atoms with Crippen LogP contribution < -0.4 is 16.2 Å². The van der Waals surface area contributed by atoms with Gasteiger partial charge >= 0.3 is 0 Å². The first-order valence-electron chi connectivity index (χ1n) is 7.81. The van der Waals surface area contributed by atoms with E-state index in [1.54, 1.807) is 0 Å². The van der Waals surface area contributed by atoms with E-state index < -0.39 is 0 Å². The van der Waals surface area contributed by atoms with Crippen molar-refractivity contribution in [1.29, 1.82) is 0 Å². The second-order valence-corrected chi connectivity index (χ2v) is 7.19. The number of hydrazine groups is 1. The quantitative estimate of drug-likeness (QED) is 0.783. The van der Waals surface area contributed by atoms with Crippen molar-refractivity contribution in [2.24, 2.45) is 5.92 Å². The van der Waals surface area contributed by atoms with Gasteiger partial charge in [0.2, 0.25) is 11.0 Å². The number of nitrogens with zero attached hydrogens (tertiary/aromatic N) is 2. The van der Waals surface area contributed by atoms with Gasteiger partial charge in [-0.1, -0.05) is 55.5 Å². The van der Waals surface area contributed by atoms with Gasteiger partial charge in [-0.2, -0.15) is 0 Å². The van der Waals surface area contributed by atoms with Crippen molar-refractivity contribution in [1.82, 2.24) is 21.0 Å². The number of aromatic nitrogens is 2. The molecule has 122 valence electrons. The molecule has 1 aromatic carbocycles. The summed E-state index contributed by atoms with van der Waals surface area (Å²) in [4.78, 5) is 12.3. The lowest BCUT2D eigenvalue weighted by atomic mass is 10.0. The zero-order valence-electron chi connectivity index (χ0n) is 13.2. The van der Waals surface area contributed by atoms with Crippen LogP contribution in [0.3, 0.4) is 0 Å². The van der Waals surface area contributed by atoms with E-state index in [9.17, 15) is 4.79 Å². The molecule has 1 aromatic heterocycles. The van der Waals surface area contributed by atoms with Gasteiger partial charge in [0.1, 0.15) is 11.0 Å². The molecule has 3 N–H and O–H groups in total. The SMILES string of the molecule is CC(C)Cc1nnc(NC(=O)C2CC(c3ccccc3)NN2)s1. The second-order valence-electron chi connectivity index (χ2n) is 6.13. The van der Waals surface area contributed by atoms with E-state index in [4.69, 9.17) is 0 Å². The van der Waals surface area contributed by atoms with Gasteiger partial charge in [-0.15, -0.1) is 10.2 Å². The van der Waals surface area contributed by atoms with Crippen LogP contribution in [0, 0.1) is 5.92 Å². The molecule has 2 unspecified atom stereocenters. The van der Waals surface area contributed by atoms with Gasteiger partial charge in [-0.05, 0) is 17.9 Å². The molecule has 0 spiro atoms. The van der Waals surface area contributed by atoms with Crippen molar-refractivity contribution in [2.75, 3.05) is 5.32 Å². The van der Waals surface area contributed by atoms with E-state index in [0.29, 0.717) is 17.5 Å². The number of carbonyl (C=O) groups excluding carboxylic acids is 1. The average molecular weight is 331 g/mol. The zero-order valence-corrected chi connectivity index (χ0v) is 14.1. The van der Waals surface area contributed by atoms with Gasteiger partial charge in [0.05, 0.1) is 0 Å². The Labute approximate surface area is 139 Å². The number of hydrogen-bond acceptors (Lipinski definition) is 6. The Morgan fingerprint density at radius 1 is 1.30 bits per heavy atom. The summed E-state index contributed by atoms with van der Waals surface area (Å²) >= 11 is 1.44. The minimum Gasteiger partial charge on any atom is -0.299 e. The fourth-order valence-corrected chi connectivity index (χ4v) is 3.52. The first-order chi connectivity index (χ1) is 11.1. The highest BCUT2D eigenvalue weighted by Crippen LogP contribution is 2.23. The molecule has 23 heavy (non-hydrogen) atoms. The average Bonchev–Trinajstić information content (AvgIpc) is 3.17. The predicted octanol–water partition coefficient (Wildman–Crippen LogP) is 2.28. The van der Waals surface area contributed by atoms with Gasteiger partial charge in [0, 0.05) is 12.5 Å². The third-order valence-electron chi connectivity index (χ3n) is 3.70. The molecule has 0 aliphatic carbocycles. The zero-order chi connectivity index (χ0) is 16.2. The minimum absolute atomic E-state index is 0.0804. The summed E-state index contributed by atoms with van der Waals surface area (Å²) in [6, 6.07) is 9.96. The van der Waals surface area contributed by atoms with Crippen LogP contribution in [0.2, 0.25) is 0 Å². The fraction of sp³-hybridized carbons (Fsp3) is 0.438. The van der Waals surface area contributed by atoms with Crippen LogP contribution in [0.5, 0.6) is 0 Å². The highest BCUT2D eigenvalue weighted by Gasteiger charge is 2.30. The summed E-state index contributed by atoms with van der Waals surface area (Å²) in [5.74, 6) is 0.446. The smallest absolute Gasteiger partial charge is 0.244 e. The topological polar surface area (TPSA) is 78.9 Å². The molecule has 1 saturated heterocycles. The monoisotopic (exact) mass is 331 g/mol. The summed E-state index contributed by atoms with van der Waals surface area (Å²) in [7, 11) is 0. The lowest BCUT2D eigenvalue weighted by molar-refractivity contribution is -0.117. The third-order valence-corrected chi connectivity index (χ3v) is 4.56. The molecule has 3 rings (SSSR count). The first-order valence-corrected chi connectivity index (χ1v) is 8.62. The molecule has 0 bridgehead atoms. The molecule has 2 heterocycles. The Morgan fingerprint density at radius 2 is 2.09 bits per heavy atom. The van der Waals surface area contributed by atoms with Gasteiger partial charge in [0.15, 0.2) is 0 Å². The van der Waals surface area contributed by atoms with Crippen LogP contribution >= 0.6 is 11.3 Å². The number of anilines is 1. The number of amides is 1. The minimum atomic E-state index is -0.280. The lowest BCUT2D eigenvalue weighted by Gasteiger charge is -2.09. The van der Waals surface area contributed by atoms with Gasteiger partial charge in [-0.25, -0.2) is 10.9 Å². The number of benzene rings is 1. The molecule has 1 aliphatic heterocycles. The Morgan fingerprint density at radius 3 is 2.83 bits per heavy atom. The maximum Gasteiger partial charge on any atom is 0.244 e. The molecule has 1 fully saturated rings. The van der Waals surface area contributed by atoms with Crippen molar-refractivity contribution in [2.45, 2.75) is 38.8 Å². The number of carbonyl (C=O) groups is 1. The van der Waals surface area contributed by atoms with E-state index in [2.05, 4.69) is 52.3 Å². The van der Waals surface area contributed by atoms with E-state index >= 15 is 0 Å². The molecule has 6 nitrogen and oxygen atoms in total. The van der Waals surface area contributed by atoms with Crippen LogP contribution in [0.15, 0.2) is 30.3 Å². The largest absolute Gasteiger partial charge is 0.299 e. The standard InChI is InChI=1S/C16H21N5OS/c1-10(2)8-14-20-21-16(23-14)17-15(22)13-9-12(18-19-13)11-6-4-3-5-7-11/h3-7,10,12-13,18-19H,8-9H2,1-2H3,(H,17,21,22). The summed E-state index contributed by atoms with van der Waals surface area (Å²) in [6.07, 6.45) is 1.58. The van der Waals surface area contributed by atoms with E-state index in [1.807, 2.05) is 18.2 Å². The Kier molecular flexibility index (Phi) is 5.00. The van der Waals surface area contributed by atoms with Crippen molar-refractivity contribution in [3.8, 4) is 0 Å². The molecule has 0 radical (unpaired) electrons. The highest BCUT2D eigenvalue weighted by atomic mass is 32.1. The van der Waals surface area contributed by atoms with Crippen LogP contribution in [-0.4, -0.2) is 22.1 Å². The molecule has 7 heteroatoms. The normalized spacial score (nSPS) is 20.8. The highest BCUT2D eigenvalue weighted by molar-refractivity contribution is 7.15. The first kappa shape index (κ1) is 16.0. The van der Waals surface area contributed by atoms with Crippen LogP contribution in [0.25, 0.3) is 0 Å². The van der Waals surface area contributed by atoms with Crippen molar-refractivity contribution in [3.05, 3.63) is 40.9 Å². The molecular formula is C16H21N5OS. The summed E-state index contributed by atoms with van der Waals surface area (Å²) in [5, 5.41) is 12.5. The molecule has 1 amide bonds. The second kappa shape index (κ2) is 7.16. The third kappa shape index (κ3) is 4.13. The van der Waals surface area contributed by atoms with Crippen molar-refractivity contribution < 1.29 is 4.79 Å². The predicted molar refractivity (Wildman–Crippen MR) is 90.9 cm³/mol. The lowest BCUT2D eigenvalue weighted by Crippen LogP contribution is -2.39. The van der Waals surface area contributed by atoms with Gasteiger partial charge in [-0.3, -0.25) is 10.1 Å². The molecular weight excluding hydrogens is 310 g/mol. The van der Waals surface area contributed by atoms with Gasteiger partial charge < -0.3 is 0 Å². The number of nitrogens with one attached hydrogen (secondary N) is 3. The van der Waals surface area contributed by atoms with Crippen molar-refractivity contribution in [3.63, 3.8) is 0 Å². The van der Waals surface area contributed by atoms with Gasteiger partial charge in [0.25, 0.3) is 0 Å². The summed E-state index contributed by atoms with van der Waals surface area (Å²) in [6.45, 7) is 4.27. The van der Waals surface area contributed by atoms with E-state index in [-0.39, 0.29) is 18.0 Å². The molecule has 0 saturated carbocycles. The Bertz CT molecular complexity index is 658. The maximum absolute atomic E-state index is 12.3. The Hall–Kier alpha value is -1.83. The molecule has 2 atom stereocenters. The van der Waals surface area contributed by atoms with E-state index in [1.165, 1.54) is 16.9 Å². The maximum atomic E-state index is 12.3. The van der Waals surface area contributed by atoms with Crippen LogP contribution in [-0.2, 0) is 11.2 Å². The summed E-state index contributed by atoms with van der Waals surface area (Å²) in [5.41, 5.74) is 7.41.